The molecule has 130 valence electrons. The number of aryl methyl sites for hydroxylation is 1. The molecule has 1 aliphatic heterocycles. The third-order valence-corrected chi connectivity index (χ3v) is 4.89. The average Bonchev–Trinajstić information content (AvgIpc) is 2.98. The summed E-state index contributed by atoms with van der Waals surface area (Å²) in [6.45, 7) is 6.00. The van der Waals surface area contributed by atoms with Crippen LogP contribution in [0.5, 0.6) is 0 Å². The summed E-state index contributed by atoms with van der Waals surface area (Å²) < 4.78 is 5.25. The number of benzene rings is 1. The number of guanidine groups is 1. The van der Waals surface area contributed by atoms with Crippen molar-refractivity contribution in [1.82, 2.24) is 10.2 Å². The highest BCUT2D eigenvalue weighted by atomic mass is 127. The molecule has 0 amide bonds. The Bertz CT molecular complexity index is 481. The third kappa shape index (κ3) is 6.89. The first-order valence-electron chi connectivity index (χ1n) is 7.87. The Hall–Kier alpha value is -0.470. The first-order chi connectivity index (χ1) is 10.7. The molecule has 1 N–H and O–H groups in total. The van der Waals surface area contributed by atoms with Crippen LogP contribution in [0.15, 0.2) is 34.2 Å². The van der Waals surface area contributed by atoms with E-state index in [-0.39, 0.29) is 24.0 Å². The highest BCUT2D eigenvalue weighted by molar-refractivity contribution is 14.0. The number of hydrogen-bond donors (Lipinski definition) is 1. The van der Waals surface area contributed by atoms with Crippen molar-refractivity contribution in [2.75, 3.05) is 46.2 Å². The average molecular weight is 449 g/mol. The standard InChI is InChI=1S/C17H27N3OS.HI/c1-14-4-6-16(7-5-14)22-11-9-19-17(18-2)20-10-8-15(12-20)13-21-3;/h4-7,15H,8-13H2,1-3H3,(H,18,19);1H. The number of ether oxygens (including phenoxy) is 1. The largest absolute Gasteiger partial charge is 0.384 e. The summed E-state index contributed by atoms with van der Waals surface area (Å²) >= 11 is 1.88. The number of rotatable bonds is 6. The molecule has 1 saturated heterocycles. The van der Waals surface area contributed by atoms with Crippen LogP contribution >= 0.6 is 35.7 Å². The molecule has 1 heterocycles. The van der Waals surface area contributed by atoms with Gasteiger partial charge < -0.3 is 15.0 Å². The molecule has 0 aromatic heterocycles. The number of nitrogens with one attached hydrogen (secondary N) is 1. The molecule has 0 radical (unpaired) electrons. The maximum atomic E-state index is 5.25. The van der Waals surface area contributed by atoms with Gasteiger partial charge in [-0.15, -0.1) is 35.7 Å². The van der Waals surface area contributed by atoms with Crippen molar-refractivity contribution in [2.45, 2.75) is 18.2 Å². The lowest BCUT2D eigenvalue weighted by atomic mass is 10.1. The predicted molar refractivity (Wildman–Crippen MR) is 110 cm³/mol. The van der Waals surface area contributed by atoms with Crippen molar-refractivity contribution in [3.63, 3.8) is 0 Å². The molecule has 0 spiro atoms. The van der Waals surface area contributed by atoms with Crippen LogP contribution in [0.25, 0.3) is 0 Å². The van der Waals surface area contributed by atoms with E-state index in [9.17, 15) is 0 Å². The maximum Gasteiger partial charge on any atom is 0.193 e. The van der Waals surface area contributed by atoms with E-state index < -0.39 is 0 Å². The zero-order valence-corrected chi connectivity index (χ0v) is 17.4. The van der Waals surface area contributed by atoms with Gasteiger partial charge in [0.25, 0.3) is 0 Å². The minimum atomic E-state index is 0. The van der Waals surface area contributed by atoms with Gasteiger partial charge in [-0.3, -0.25) is 4.99 Å². The van der Waals surface area contributed by atoms with E-state index in [4.69, 9.17) is 4.74 Å². The molecule has 1 aromatic carbocycles. The molecule has 1 fully saturated rings. The lowest BCUT2D eigenvalue weighted by molar-refractivity contribution is 0.157. The molecule has 6 heteroatoms. The Balaban J connectivity index is 0.00000264. The summed E-state index contributed by atoms with van der Waals surface area (Å²) in [6.07, 6.45) is 1.19. The van der Waals surface area contributed by atoms with Crippen molar-refractivity contribution < 1.29 is 4.74 Å². The minimum absolute atomic E-state index is 0. The number of aliphatic imine (C=N–C) groups is 1. The summed E-state index contributed by atoms with van der Waals surface area (Å²) in [6, 6.07) is 8.69. The van der Waals surface area contributed by atoms with Gasteiger partial charge in [-0.2, -0.15) is 0 Å². The second-order valence-corrected chi connectivity index (χ2v) is 6.86. The first kappa shape index (κ1) is 20.6. The molecular formula is C17H28IN3OS. The predicted octanol–water partition coefficient (Wildman–Crippen LogP) is 3.25. The molecule has 23 heavy (non-hydrogen) atoms. The van der Waals surface area contributed by atoms with Crippen molar-refractivity contribution >= 4 is 41.7 Å². The first-order valence-corrected chi connectivity index (χ1v) is 8.85. The normalized spacial score (nSPS) is 18.0. The van der Waals surface area contributed by atoms with Crippen LogP contribution in [0.3, 0.4) is 0 Å². The summed E-state index contributed by atoms with van der Waals surface area (Å²) in [5.41, 5.74) is 1.31. The van der Waals surface area contributed by atoms with E-state index in [1.54, 1.807) is 7.11 Å². The molecule has 0 bridgehead atoms. The molecule has 1 unspecified atom stereocenters. The molecule has 1 atom stereocenters. The fraction of sp³-hybridized carbons (Fsp3) is 0.588. The van der Waals surface area contributed by atoms with E-state index in [1.165, 1.54) is 16.9 Å². The van der Waals surface area contributed by atoms with Crippen LogP contribution in [0.4, 0.5) is 0 Å². The van der Waals surface area contributed by atoms with Crippen LogP contribution < -0.4 is 5.32 Å². The monoisotopic (exact) mass is 449 g/mol. The third-order valence-electron chi connectivity index (χ3n) is 3.87. The SMILES string of the molecule is CN=C(NCCSc1ccc(C)cc1)N1CCC(COC)C1.I. The van der Waals surface area contributed by atoms with Gasteiger partial charge >= 0.3 is 0 Å². The van der Waals surface area contributed by atoms with Crippen LogP contribution in [-0.4, -0.2) is 57.0 Å². The Morgan fingerprint density at radius 3 is 2.78 bits per heavy atom. The Morgan fingerprint density at radius 1 is 1.39 bits per heavy atom. The molecule has 2 rings (SSSR count). The van der Waals surface area contributed by atoms with Gasteiger partial charge in [0.1, 0.15) is 0 Å². The smallest absolute Gasteiger partial charge is 0.193 e. The second kappa shape index (κ2) is 11.1. The second-order valence-electron chi connectivity index (χ2n) is 5.69. The highest BCUT2D eigenvalue weighted by Crippen LogP contribution is 2.18. The van der Waals surface area contributed by atoms with Crippen molar-refractivity contribution in [2.24, 2.45) is 10.9 Å². The molecule has 1 aromatic rings. The number of hydrogen-bond acceptors (Lipinski definition) is 3. The van der Waals surface area contributed by atoms with Crippen molar-refractivity contribution in [3.05, 3.63) is 29.8 Å². The van der Waals surface area contributed by atoms with Crippen LogP contribution in [0, 0.1) is 12.8 Å². The Labute approximate surface area is 161 Å². The number of thioether (sulfide) groups is 1. The quantitative estimate of drug-likeness (QED) is 0.238. The van der Waals surface area contributed by atoms with Gasteiger partial charge in [-0.1, -0.05) is 17.7 Å². The minimum Gasteiger partial charge on any atom is -0.384 e. The lowest BCUT2D eigenvalue weighted by Gasteiger charge is -2.21. The summed E-state index contributed by atoms with van der Waals surface area (Å²) in [5, 5.41) is 3.47. The maximum absolute atomic E-state index is 5.25. The molecule has 1 aliphatic rings. The van der Waals surface area contributed by atoms with Gasteiger partial charge in [-0.25, -0.2) is 0 Å². The number of halogens is 1. The lowest BCUT2D eigenvalue weighted by Crippen LogP contribution is -2.41. The van der Waals surface area contributed by atoms with Gasteiger partial charge in [0, 0.05) is 50.4 Å². The van der Waals surface area contributed by atoms with E-state index in [2.05, 4.69) is 46.4 Å². The van der Waals surface area contributed by atoms with E-state index in [1.807, 2.05) is 18.8 Å². The van der Waals surface area contributed by atoms with E-state index >= 15 is 0 Å². The summed E-state index contributed by atoms with van der Waals surface area (Å²) in [5.74, 6) is 2.69. The summed E-state index contributed by atoms with van der Waals surface area (Å²) in [7, 11) is 3.64. The molecule has 0 aliphatic carbocycles. The van der Waals surface area contributed by atoms with Crippen LogP contribution in [0.1, 0.15) is 12.0 Å². The zero-order chi connectivity index (χ0) is 15.8. The number of methoxy groups -OCH3 is 1. The fourth-order valence-electron chi connectivity index (χ4n) is 2.70. The van der Waals surface area contributed by atoms with E-state index in [0.717, 1.165) is 38.0 Å². The van der Waals surface area contributed by atoms with E-state index in [0.29, 0.717) is 5.92 Å². The van der Waals surface area contributed by atoms with Gasteiger partial charge in [0.05, 0.1) is 6.61 Å². The van der Waals surface area contributed by atoms with Crippen LogP contribution in [0.2, 0.25) is 0 Å². The van der Waals surface area contributed by atoms with Crippen LogP contribution in [-0.2, 0) is 4.74 Å². The Morgan fingerprint density at radius 2 is 2.13 bits per heavy atom. The molecule has 0 saturated carbocycles. The zero-order valence-electron chi connectivity index (χ0n) is 14.2. The van der Waals surface area contributed by atoms with Crippen molar-refractivity contribution in [1.29, 1.82) is 0 Å². The molecular weight excluding hydrogens is 421 g/mol. The highest BCUT2D eigenvalue weighted by Gasteiger charge is 2.24. The number of likely N-dealkylation sites (tertiary alicyclic amines) is 1. The molecule has 4 nitrogen and oxygen atoms in total. The summed E-state index contributed by atoms with van der Waals surface area (Å²) in [4.78, 5) is 8.06. The number of nitrogens with zero attached hydrogens (tertiary/aromatic N) is 2. The Kier molecular flexibility index (Phi) is 9.97. The topological polar surface area (TPSA) is 36.9 Å². The van der Waals surface area contributed by atoms with Crippen molar-refractivity contribution in [3.8, 4) is 0 Å². The fourth-order valence-corrected chi connectivity index (χ4v) is 3.46. The van der Waals surface area contributed by atoms with Gasteiger partial charge in [-0.05, 0) is 25.5 Å². The van der Waals surface area contributed by atoms with Gasteiger partial charge in [0.15, 0.2) is 5.96 Å². The van der Waals surface area contributed by atoms with Gasteiger partial charge in [0.2, 0.25) is 0 Å².